The van der Waals surface area contributed by atoms with Gasteiger partial charge >= 0.3 is 5.69 Å². The second kappa shape index (κ2) is 4.62. The van der Waals surface area contributed by atoms with Crippen LogP contribution in [0.1, 0.15) is 6.23 Å². The molecule has 2 heterocycles. The fourth-order valence-corrected chi connectivity index (χ4v) is 1.94. The van der Waals surface area contributed by atoms with E-state index in [1.165, 1.54) is 0 Å². The summed E-state index contributed by atoms with van der Waals surface area (Å²) in [6, 6.07) is 0.986. The van der Waals surface area contributed by atoms with Crippen LogP contribution >= 0.6 is 0 Å². The summed E-state index contributed by atoms with van der Waals surface area (Å²) in [5.74, 6) is 1.74. The van der Waals surface area contributed by atoms with E-state index < -0.39 is 42.0 Å². The lowest BCUT2D eigenvalue weighted by Gasteiger charge is -2.23. The van der Waals surface area contributed by atoms with Gasteiger partial charge in [-0.15, -0.1) is 6.42 Å². The van der Waals surface area contributed by atoms with E-state index in [1.54, 1.807) is 5.92 Å². The van der Waals surface area contributed by atoms with Crippen molar-refractivity contribution in [2.45, 2.75) is 24.1 Å². The number of hydrogen-bond donors (Lipinski definition) is 3. The summed E-state index contributed by atoms with van der Waals surface area (Å²) in [6.45, 7) is -0.664. The molecule has 19 heavy (non-hydrogen) atoms. The fraction of sp³-hybridized carbons (Fsp3) is 0.455. The molecule has 7 nitrogen and oxygen atoms in total. The molecule has 1 aliphatic rings. The second-order valence-electron chi connectivity index (χ2n) is 4.08. The number of terminal acetylenes is 1. The third-order valence-corrected chi connectivity index (χ3v) is 2.95. The summed E-state index contributed by atoms with van der Waals surface area (Å²) < 4.78 is 20.3. The van der Waals surface area contributed by atoms with Crippen molar-refractivity contribution >= 4 is 0 Å². The van der Waals surface area contributed by atoms with Gasteiger partial charge in [0.2, 0.25) is 5.67 Å². The van der Waals surface area contributed by atoms with Crippen molar-refractivity contribution in [1.82, 2.24) is 9.55 Å². The molecule has 1 aliphatic heterocycles. The van der Waals surface area contributed by atoms with E-state index in [0.717, 1.165) is 16.8 Å². The number of aromatic amines is 1. The Morgan fingerprint density at radius 1 is 1.63 bits per heavy atom. The smallest absolute Gasteiger partial charge is 0.330 e. The van der Waals surface area contributed by atoms with Crippen LogP contribution in [-0.2, 0) is 4.74 Å². The molecule has 0 saturated carbocycles. The number of aliphatic hydroxyl groups is 2. The minimum Gasteiger partial charge on any atom is -0.394 e. The van der Waals surface area contributed by atoms with E-state index in [2.05, 4.69) is 0 Å². The Hall–Kier alpha value is -1.95. The van der Waals surface area contributed by atoms with Gasteiger partial charge < -0.3 is 14.9 Å². The molecular formula is C11H11FN2O5. The van der Waals surface area contributed by atoms with Gasteiger partial charge in [0, 0.05) is 12.3 Å². The summed E-state index contributed by atoms with van der Waals surface area (Å²) in [4.78, 5) is 24.4. The van der Waals surface area contributed by atoms with Gasteiger partial charge in [-0.25, -0.2) is 9.18 Å². The lowest BCUT2D eigenvalue weighted by molar-refractivity contribution is -0.0543. The normalized spacial score (nSPS) is 34.1. The zero-order chi connectivity index (χ0) is 14.2. The standard InChI is InChI=1S/C11H11FN2O5/c1-2-11(12)8(17)6(5-15)19-9(11)14-4-3-7(16)13-10(14)18/h1,3-4,6,8-9,15,17H,5H2,(H,13,16,18)/t6-,8-,9-,11-/m1/s1. The van der Waals surface area contributed by atoms with Crippen molar-refractivity contribution in [2.24, 2.45) is 0 Å². The first-order valence-electron chi connectivity index (χ1n) is 5.36. The van der Waals surface area contributed by atoms with Crippen LogP contribution in [0.4, 0.5) is 4.39 Å². The number of hydrogen-bond acceptors (Lipinski definition) is 5. The summed E-state index contributed by atoms with van der Waals surface area (Å²) >= 11 is 0. The molecule has 4 atom stereocenters. The van der Waals surface area contributed by atoms with E-state index >= 15 is 0 Å². The highest BCUT2D eigenvalue weighted by atomic mass is 19.1. The number of alkyl halides is 1. The van der Waals surface area contributed by atoms with Gasteiger partial charge in [0.25, 0.3) is 5.56 Å². The third-order valence-electron chi connectivity index (χ3n) is 2.95. The predicted octanol–water partition coefficient (Wildman–Crippen LogP) is -1.87. The monoisotopic (exact) mass is 270 g/mol. The zero-order valence-corrected chi connectivity index (χ0v) is 9.62. The van der Waals surface area contributed by atoms with E-state index in [-0.39, 0.29) is 0 Å². The molecule has 0 aliphatic carbocycles. The first kappa shape index (κ1) is 13.5. The number of nitrogens with one attached hydrogen (secondary N) is 1. The molecular weight excluding hydrogens is 259 g/mol. The lowest BCUT2D eigenvalue weighted by Crippen LogP contribution is -2.44. The SMILES string of the molecule is C#C[C@@]1(F)[C@H](O)[C@@H](CO)O[C@H]1n1ccc(=O)[nH]c1=O. The Morgan fingerprint density at radius 2 is 2.32 bits per heavy atom. The van der Waals surface area contributed by atoms with Crippen LogP contribution < -0.4 is 11.2 Å². The molecule has 102 valence electrons. The van der Waals surface area contributed by atoms with Gasteiger partial charge in [0.1, 0.15) is 12.2 Å². The van der Waals surface area contributed by atoms with Crippen molar-refractivity contribution in [3.8, 4) is 12.3 Å². The van der Waals surface area contributed by atoms with Gasteiger partial charge in [0.05, 0.1) is 6.61 Å². The third kappa shape index (κ3) is 1.98. The van der Waals surface area contributed by atoms with Gasteiger partial charge in [0.15, 0.2) is 6.23 Å². The molecule has 0 unspecified atom stereocenters. The van der Waals surface area contributed by atoms with Crippen LogP contribution in [0.5, 0.6) is 0 Å². The minimum absolute atomic E-state index is 0.663. The van der Waals surface area contributed by atoms with Crippen molar-refractivity contribution < 1.29 is 19.3 Å². The highest BCUT2D eigenvalue weighted by Crippen LogP contribution is 2.40. The lowest BCUT2D eigenvalue weighted by atomic mass is 9.97. The highest BCUT2D eigenvalue weighted by molar-refractivity contribution is 5.19. The van der Waals surface area contributed by atoms with Crippen molar-refractivity contribution in [3.63, 3.8) is 0 Å². The van der Waals surface area contributed by atoms with E-state index in [1.807, 2.05) is 4.98 Å². The molecule has 1 fully saturated rings. The van der Waals surface area contributed by atoms with E-state index in [4.69, 9.17) is 16.3 Å². The Kier molecular flexibility index (Phi) is 3.28. The van der Waals surface area contributed by atoms with Crippen LogP contribution in [0.25, 0.3) is 0 Å². The predicted molar refractivity (Wildman–Crippen MR) is 61.0 cm³/mol. The molecule has 0 aromatic carbocycles. The molecule has 1 aromatic rings. The van der Waals surface area contributed by atoms with E-state index in [0.29, 0.717) is 0 Å². The number of halogens is 1. The molecule has 0 bridgehead atoms. The van der Waals surface area contributed by atoms with Crippen LogP contribution in [-0.4, -0.2) is 44.2 Å². The van der Waals surface area contributed by atoms with Crippen molar-refractivity contribution in [1.29, 1.82) is 0 Å². The first-order valence-corrected chi connectivity index (χ1v) is 5.36. The van der Waals surface area contributed by atoms with Crippen molar-refractivity contribution in [2.75, 3.05) is 6.61 Å². The average molecular weight is 270 g/mol. The molecule has 0 amide bonds. The number of H-pyrrole nitrogens is 1. The molecule has 8 heteroatoms. The summed E-state index contributed by atoms with van der Waals surface area (Å²) in [5, 5.41) is 18.7. The molecule has 0 spiro atoms. The Morgan fingerprint density at radius 3 is 2.84 bits per heavy atom. The van der Waals surface area contributed by atoms with Gasteiger partial charge in [-0.1, -0.05) is 5.92 Å². The number of nitrogens with zero attached hydrogens (tertiary/aromatic N) is 1. The maximum Gasteiger partial charge on any atom is 0.330 e. The topological polar surface area (TPSA) is 105 Å². The van der Waals surface area contributed by atoms with Crippen LogP contribution in [0, 0.1) is 12.3 Å². The molecule has 0 radical (unpaired) electrons. The largest absolute Gasteiger partial charge is 0.394 e. The van der Waals surface area contributed by atoms with Crippen molar-refractivity contribution in [3.05, 3.63) is 33.1 Å². The van der Waals surface area contributed by atoms with E-state index in [9.17, 15) is 19.1 Å². The Bertz CT molecular complexity index is 633. The maximum absolute atomic E-state index is 14.5. The number of ether oxygens (including phenoxy) is 1. The number of rotatable bonds is 2. The summed E-state index contributed by atoms with van der Waals surface area (Å²) in [6.07, 6.45) is 1.38. The molecule has 1 saturated heterocycles. The fourth-order valence-electron chi connectivity index (χ4n) is 1.94. The summed E-state index contributed by atoms with van der Waals surface area (Å²) in [7, 11) is 0. The zero-order valence-electron chi connectivity index (χ0n) is 9.62. The summed E-state index contributed by atoms with van der Waals surface area (Å²) in [5.41, 5.74) is -4.28. The number of aliphatic hydroxyl groups excluding tert-OH is 2. The second-order valence-corrected chi connectivity index (χ2v) is 4.08. The van der Waals surface area contributed by atoms with Crippen LogP contribution in [0.2, 0.25) is 0 Å². The molecule has 1 aromatic heterocycles. The Labute approximate surface area is 106 Å². The van der Waals surface area contributed by atoms with Gasteiger partial charge in [-0.2, -0.15) is 0 Å². The van der Waals surface area contributed by atoms with Crippen LogP contribution in [0.3, 0.4) is 0 Å². The van der Waals surface area contributed by atoms with Gasteiger partial charge in [-0.3, -0.25) is 14.3 Å². The van der Waals surface area contributed by atoms with Gasteiger partial charge in [-0.05, 0) is 0 Å². The quantitative estimate of drug-likeness (QED) is 0.546. The van der Waals surface area contributed by atoms with Crippen LogP contribution in [0.15, 0.2) is 21.9 Å². The highest BCUT2D eigenvalue weighted by Gasteiger charge is 2.57. The average Bonchev–Trinajstić information content (AvgIpc) is 2.63. The number of aromatic nitrogens is 2. The maximum atomic E-state index is 14.5. The molecule has 2 rings (SSSR count). The minimum atomic E-state index is -2.69. The molecule has 3 N–H and O–H groups in total. The first-order chi connectivity index (χ1) is 8.93. The Balaban J connectivity index is 2.52.